The summed E-state index contributed by atoms with van der Waals surface area (Å²) in [6.07, 6.45) is 2.29. The number of hydrogen-bond donors (Lipinski definition) is 1. The summed E-state index contributed by atoms with van der Waals surface area (Å²) in [5, 5.41) is 0. The van der Waals surface area contributed by atoms with Gasteiger partial charge in [0.1, 0.15) is 13.1 Å². The predicted molar refractivity (Wildman–Crippen MR) is 99.6 cm³/mol. The molecule has 2 aromatic heterocycles. The number of aromatic nitrogens is 4. The lowest BCUT2D eigenvalue weighted by molar-refractivity contribution is -0.920. The van der Waals surface area contributed by atoms with Crippen LogP contribution in [0.4, 0.5) is 0 Å². The molecule has 0 radical (unpaired) electrons. The van der Waals surface area contributed by atoms with Gasteiger partial charge in [-0.15, -0.1) is 0 Å². The van der Waals surface area contributed by atoms with E-state index in [1.165, 1.54) is 16.5 Å². The molecular weight excluding hydrogens is 350 g/mol. The third-order valence-corrected chi connectivity index (χ3v) is 5.41. The molecule has 0 aliphatic carbocycles. The van der Waals surface area contributed by atoms with E-state index < -0.39 is 17.2 Å². The van der Waals surface area contributed by atoms with E-state index in [1.54, 1.807) is 18.5 Å². The number of carbonyl (C=O) groups excluding carboxylic acids is 1. The second-order valence-electron chi connectivity index (χ2n) is 7.41. The van der Waals surface area contributed by atoms with E-state index in [0.29, 0.717) is 18.0 Å². The highest BCUT2D eigenvalue weighted by atomic mass is 16.5. The lowest BCUT2D eigenvalue weighted by Gasteiger charge is -2.27. The molecular formula is C18H28N5O4+. The number of quaternary nitrogens is 1. The molecule has 0 unspecified atom stereocenters. The maximum atomic E-state index is 12.7. The van der Waals surface area contributed by atoms with Crippen molar-refractivity contribution in [3.63, 3.8) is 0 Å². The molecule has 0 bridgehead atoms. The quantitative estimate of drug-likeness (QED) is 0.661. The molecule has 148 valence electrons. The molecule has 0 atom stereocenters. The minimum absolute atomic E-state index is 0.0865. The number of esters is 1. The van der Waals surface area contributed by atoms with Crippen molar-refractivity contribution in [3.8, 4) is 0 Å². The number of ether oxygens (including phenoxy) is 1. The van der Waals surface area contributed by atoms with Gasteiger partial charge in [-0.2, -0.15) is 0 Å². The Morgan fingerprint density at radius 1 is 1.22 bits per heavy atom. The van der Waals surface area contributed by atoms with Gasteiger partial charge in [-0.1, -0.05) is 6.92 Å². The summed E-state index contributed by atoms with van der Waals surface area (Å²) in [5.74, 6) is 0.942. The second kappa shape index (κ2) is 7.67. The molecule has 0 amide bonds. The molecule has 9 nitrogen and oxygen atoms in total. The number of nitrogens with zero attached hydrogens (tertiary/aromatic N) is 4. The van der Waals surface area contributed by atoms with E-state index in [4.69, 9.17) is 4.74 Å². The van der Waals surface area contributed by atoms with Crippen LogP contribution in [0.25, 0.3) is 11.2 Å². The Balaban J connectivity index is 2.09. The zero-order valence-electron chi connectivity index (χ0n) is 16.4. The van der Waals surface area contributed by atoms with Crippen molar-refractivity contribution >= 4 is 17.1 Å². The van der Waals surface area contributed by atoms with Crippen LogP contribution in [-0.2, 0) is 36.7 Å². The number of piperidine rings is 1. The van der Waals surface area contributed by atoms with Crippen LogP contribution in [0.15, 0.2) is 9.59 Å². The first-order chi connectivity index (χ1) is 12.8. The minimum atomic E-state index is -0.446. The van der Waals surface area contributed by atoms with Crippen LogP contribution in [0.2, 0.25) is 0 Å². The molecule has 27 heavy (non-hydrogen) atoms. The SMILES string of the molecule is CCOC(=O)Cn1c(C[NH+]2CCC(C)CC2)nc2c1c(=O)n(C)c(=O)n2C. The summed E-state index contributed by atoms with van der Waals surface area (Å²) in [7, 11) is 3.02. The summed E-state index contributed by atoms with van der Waals surface area (Å²) in [6.45, 7) is 6.85. The van der Waals surface area contributed by atoms with Crippen LogP contribution in [0.5, 0.6) is 0 Å². The van der Waals surface area contributed by atoms with E-state index in [-0.39, 0.29) is 18.7 Å². The average Bonchev–Trinajstić information content (AvgIpc) is 2.98. The van der Waals surface area contributed by atoms with E-state index >= 15 is 0 Å². The fourth-order valence-electron chi connectivity index (χ4n) is 3.70. The number of likely N-dealkylation sites (tertiary alicyclic amines) is 1. The van der Waals surface area contributed by atoms with Crippen LogP contribution in [-0.4, -0.2) is 44.4 Å². The van der Waals surface area contributed by atoms with Crippen LogP contribution >= 0.6 is 0 Å². The van der Waals surface area contributed by atoms with Crippen LogP contribution in [0.3, 0.4) is 0 Å². The molecule has 1 fully saturated rings. The first kappa shape index (κ1) is 19.3. The third kappa shape index (κ3) is 3.69. The standard InChI is InChI=1S/C18H27N5O4/c1-5-27-14(24)11-23-13(10-22-8-6-12(2)7-9-22)19-16-15(23)17(25)21(4)18(26)20(16)3/h12H,5-11H2,1-4H3/p+1. The van der Waals surface area contributed by atoms with Crippen molar-refractivity contribution in [1.29, 1.82) is 0 Å². The van der Waals surface area contributed by atoms with Crippen LogP contribution in [0.1, 0.15) is 32.5 Å². The molecule has 1 aliphatic rings. The highest BCUT2D eigenvalue weighted by Gasteiger charge is 2.25. The number of carbonyl (C=O) groups is 1. The molecule has 0 saturated carbocycles. The van der Waals surface area contributed by atoms with Crippen LogP contribution < -0.4 is 16.1 Å². The van der Waals surface area contributed by atoms with Gasteiger partial charge in [0.05, 0.1) is 19.7 Å². The fourth-order valence-corrected chi connectivity index (χ4v) is 3.70. The van der Waals surface area contributed by atoms with E-state index in [0.717, 1.165) is 36.4 Å². The van der Waals surface area contributed by atoms with Gasteiger partial charge in [0.25, 0.3) is 5.56 Å². The fraction of sp³-hybridized carbons (Fsp3) is 0.667. The molecule has 1 saturated heterocycles. The summed E-state index contributed by atoms with van der Waals surface area (Å²) >= 11 is 0. The topological polar surface area (TPSA) is 92.6 Å². The Hall–Kier alpha value is -2.42. The van der Waals surface area contributed by atoms with Crippen molar-refractivity contribution in [1.82, 2.24) is 18.7 Å². The van der Waals surface area contributed by atoms with Gasteiger partial charge >= 0.3 is 11.7 Å². The maximum Gasteiger partial charge on any atom is 0.332 e. The molecule has 0 aromatic carbocycles. The lowest BCUT2D eigenvalue weighted by atomic mass is 9.99. The lowest BCUT2D eigenvalue weighted by Crippen LogP contribution is -3.11. The van der Waals surface area contributed by atoms with Crippen molar-refractivity contribution in [3.05, 3.63) is 26.7 Å². The number of aryl methyl sites for hydroxylation is 1. The van der Waals surface area contributed by atoms with Crippen molar-refractivity contribution in [2.45, 2.75) is 39.8 Å². The minimum Gasteiger partial charge on any atom is -0.465 e. The molecule has 9 heteroatoms. The largest absolute Gasteiger partial charge is 0.465 e. The Morgan fingerprint density at radius 2 is 1.89 bits per heavy atom. The second-order valence-corrected chi connectivity index (χ2v) is 7.41. The molecule has 1 aliphatic heterocycles. The predicted octanol–water partition coefficient (Wildman–Crippen LogP) is -1.19. The van der Waals surface area contributed by atoms with Gasteiger partial charge in [0.2, 0.25) is 0 Å². The van der Waals surface area contributed by atoms with E-state index in [2.05, 4.69) is 11.9 Å². The zero-order chi connectivity index (χ0) is 19.7. The monoisotopic (exact) mass is 378 g/mol. The summed E-state index contributed by atoms with van der Waals surface area (Å²) in [5.41, 5.74) is -0.294. The van der Waals surface area contributed by atoms with Gasteiger partial charge in [-0.25, -0.2) is 9.78 Å². The number of hydrogen-bond acceptors (Lipinski definition) is 5. The number of imidazole rings is 1. The Bertz CT molecular complexity index is 963. The van der Waals surface area contributed by atoms with Crippen molar-refractivity contribution in [2.75, 3.05) is 19.7 Å². The summed E-state index contributed by atoms with van der Waals surface area (Å²) in [4.78, 5) is 43.1. The number of fused-ring (bicyclic) bond motifs is 1. The van der Waals surface area contributed by atoms with E-state index in [9.17, 15) is 14.4 Å². The highest BCUT2D eigenvalue weighted by molar-refractivity contribution is 5.75. The first-order valence-corrected chi connectivity index (χ1v) is 9.47. The van der Waals surface area contributed by atoms with Gasteiger partial charge < -0.3 is 14.2 Å². The van der Waals surface area contributed by atoms with Gasteiger partial charge in [-0.05, 0) is 25.7 Å². The van der Waals surface area contributed by atoms with Crippen molar-refractivity contribution in [2.24, 2.45) is 20.0 Å². The smallest absolute Gasteiger partial charge is 0.332 e. The van der Waals surface area contributed by atoms with Crippen LogP contribution in [0, 0.1) is 5.92 Å². The van der Waals surface area contributed by atoms with Gasteiger partial charge in [0.15, 0.2) is 17.0 Å². The summed E-state index contributed by atoms with van der Waals surface area (Å²) < 4.78 is 9.10. The first-order valence-electron chi connectivity index (χ1n) is 9.47. The third-order valence-electron chi connectivity index (χ3n) is 5.41. The normalized spacial score (nSPS) is 20.1. The molecule has 2 aromatic rings. The molecule has 1 N–H and O–H groups in total. The maximum absolute atomic E-state index is 12.7. The molecule has 3 heterocycles. The Morgan fingerprint density at radius 3 is 2.52 bits per heavy atom. The average molecular weight is 378 g/mol. The highest BCUT2D eigenvalue weighted by Crippen LogP contribution is 2.12. The Labute approximate surface area is 157 Å². The molecule has 0 spiro atoms. The van der Waals surface area contributed by atoms with Gasteiger partial charge in [-0.3, -0.25) is 18.7 Å². The van der Waals surface area contributed by atoms with Gasteiger partial charge in [0, 0.05) is 14.1 Å². The zero-order valence-corrected chi connectivity index (χ0v) is 16.4. The van der Waals surface area contributed by atoms with Crippen molar-refractivity contribution < 1.29 is 14.4 Å². The summed E-state index contributed by atoms with van der Waals surface area (Å²) in [6, 6.07) is 0. The molecule has 3 rings (SSSR count). The van der Waals surface area contributed by atoms with E-state index in [1.807, 2.05) is 0 Å². The number of rotatable bonds is 5. The Kier molecular flexibility index (Phi) is 5.50. The number of nitrogens with one attached hydrogen (secondary N) is 1.